The van der Waals surface area contributed by atoms with Gasteiger partial charge in [-0.3, -0.25) is 28.9 Å². The van der Waals surface area contributed by atoms with Crippen LogP contribution in [0, 0.1) is 17.8 Å². The van der Waals surface area contributed by atoms with E-state index in [9.17, 15) is 34.2 Å². The van der Waals surface area contributed by atoms with Crippen LogP contribution in [0.15, 0.2) is 29.6 Å². The molecule has 0 aliphatic carbocycles. The number of aromatic nitrogens is 1. The number of thiazole rings is 1. The third-order valence-corrected chi connectivity index (χ3v) is 11.7. The molecule has 13 nitrogen and oxygen atoms in total. The topological polar surface area (TPSA) is 178 Å². The first-order chi connectivity index (χ1) is 26.1. The lowest BCUT2D eigenvalue weighted by molar-refractivity contribution is -0.159. The van der Waals surface area contributed by atoms with Crippen LogP contribution in [0.25, 0.3) is 0 Å². The second kappa shape index (κ2) is 22.0. The number of piperidine rings is 1. The molecule has 55 heavy (non-hydrogen) atoms. The number of carbonyl (C=O) groups excluding carboxylic acids is 5. The predicted octanol–water partition coefficient (Wildman–Crippen LogP) is 5.40. The fraction of sp³-hybridized carbons (Fsp3) is 0.659. The number of rotatable bonds is 21. The van der Waals surface area contributed by atoms with Crippen LogP contribution in [0.3, 0.4) is 0 Å². The number of Topliss-reactive ketones (excluding diaryl/α,β-unsaturated/α-hetero) is 1. The number of aliphatic hydroxyl groups excluding tert-OH is 1. The molecule has 1 aromatic heterocycles. The van der Waals surface area contributed by atoms with Crippen LogP contribution in [0.1, 0.15) is 127 Å². The number of benzene rings is 1. The zero-order valence-corrected chi connectivity index (χ0v) is 34.7. The highest BCUT2D eigenvalue weighted by Gasteiger charge is 2.38. The van der Waals surface area contributed by atoms with Crippen molar-refractivity contribution in [1.29, 1.82) is 0 Å². The van der Waals surface area contributed by atoms with Gasteiger partial charge in [0.1, 0.15) is 34.4 Å². The smallest absolute Gasteiger partial charge is 0.307 e. The fourth-order valence-electron chi connectivity index (χ4n) is 6.85. The average Bonchev–Trinajstić information content (AvgIpc) is 3.65. The standard InChI is InChI=1S/C41H63N5O8S/c1-9-13-36(50)54-24-46(41(53)37(26(5)10-2)44-39(52)33-14-11-12-19-45(33)8)34(25(3)4)22-35(49)40-43-32(23-55-40)38(51)42-30(20-27(6)28(7)47)21-29-15-17-31(48)18-16-29/h15-18,23,25-27,30,33-35,37,48-49H,9-14,19-22,24H2,1-8H3,(H,42,51)(H,44,52)/t26?,27-,30+,33+,34+,35+,37-/m0/s1. The summed E-state index contributed by atoms with van der Waals surface area (Å²) < 4.78 is 5.61. The molecule has 1 saturated heterocycles. The molecule has 7 atom stereocenters. The van der Waals surface area contributed by atoms with Crippen molar-refractivity contribution >= 4 is 40.8 Å². The van der Waals surface area contributed by atoms with E-state index in [1.54, 1.807) is 29.6 Å². The minimum Gasteiger partial charge on any atom is -0.508 e. The second-order valence-electron chi connectivity index (χ2n) is 15.5. The lowest BCUT2D eigenvalue weighted by Gasteiger charge is -2.39. The van der Waals surface area contributed by atoms with Crippen molar-refractivity contribution in [1.82, 2.24) is 25.4 Å². The van der Waals surface area contributed by atoms with Gasteiger partial charge >= 0.3 is 5.97 Å². The van der Waals surface area contributed by atoms with E-state index in [1.165, 1.54) is 11.8 Å². The number of esters is 1. The summed E-state index contributed by atoms with van der Waals surface area (Å²) in [7, 11) is 1.91. The van der Waals surface area contributed by atoms with Crippen molar-refractivity contribution < 1.29 is 38.9 Å². The summed E-state index contributed by atoms with van der Waals surface area (Å²) in [5, 5.41) is 29.2. The Morgan fingerprint density at radius 2 is 1.73 bits per heavy atom. The molecule has 2 heterocycles. The van der Waals surface area contributed by atoms with Crippen molar-refractivity contribution in [3.63, 3.8) is 0 Å². The molecule has 3 amide bonds. The van der Waals surface area contributed by atoms with E-state index in [0.717, 1.165) is 36.3 Å². The number of hydrogen-bond acceptors (Lipinski definition) is 11. The zero-order chi connectivity index (χ0) is 40.8. The summed E-state index contributed by atoms with van der Waals surface area (Å²) in [4.78, 5) is 74.3. The van der Waals surface area contributed by atoms with Crippen molar-refractivity contribution in [3.05, 3.63) is 45.9 Å². The molecule has 1 unspecified atom stereocenters. The van der Waals surface area contributed by atoms with E-state index in [1.807, 2.05) is 53.5 Å². The zero-order valence-electron chi connectivity index (χ0n) is 33.9. The third kappa shape index (κ3) is 13.7. The number of aromatic hydroxyl groups is 1. The summed E-state index contributed by atoms with van der Waals surface area (Å²) in [6.07, 6.45) is 3.72. The molecule has 4 N–H and O–H groups in total. The van der Waals surface area contributed by atoms with Gasteiger partial charge in [0, 0.05) is 36.2 Å². The third-order valence-electron chi connectivity index (χ3n) is 10.7. The summed E-state index contributed by atoms with van der Waals surface area (Å²) >= 11 is 1.12. The molecule has 0 radical (unpaired) electrons. The van der Waals surface area contributed by atoms with Crippen molar-refractivity contribution in [2.45, 2.75) is 137 Å². The van der Waals surface area contributed by atoms with Crippen LogP contribution < -0.4 is 10.6 Å². The Bertz CT molecular complexity index is 1570. The van der Waals surface area contributed by atoms with E-state index in [4.69, 9.17) is 4.74 Å². The maximum atomic E-state index is 14.6. The van der Waals surface area contributed by atoms with Crippen LogP contribution in [-0.4, -0.2) is 99.0 Å². The van der Waals surface area contributed by atoms with Crippen LogP contribution in [0.4, 0.5) is 0 Å². The first-order valence-electron chi connectivity index (χ1n) is 19.7. The summed E-state index contributed by atoms with van der Waals surface area (Å²) in [6.45, 7) is 13.3. The predicted molar refractivity (Wildman–Crippen MR) is 212 cm³/mol. The van der Waals surface area contributed by atoms with Crippen LogP contribution >= 0.6 is 11.3 Å². The normalized spacial score (nSPS) is 18.0. The number of aliphatic hydroxyl groups is 1. The molecule has 306 valence electrons. The fourth-order valence-corrected chi connectivity index (χ4v) is 7.65. The van der Waals surface area contributed by atoms with Gasteiger partial charge in [-0.15, -0.1) is 11.3 Å². The quantitative estimate of drug-likeness (QED) is 0.0947. The first-order valence-corrected chi connectivity index (χ1v) is 20.6. The SMILES string of the molecule is CCCC(=O)OCN(C(=O)[C@@H](NC(=O)[C@H]1CCCCN1C)C(C)CC)[C@H](C[C@@H](O)c1nc(C(=O)N[C@@H](Cc2ccc(O)cc2)C[C@H](C)C(C)=O)cs1)C(C)C. The minimum atomic E-state index is -1.17. The number of carbonyl (C=O) groups is 5. The number of hydrogen-bond donors (Lipinski definition) is 4. The molecule has 1 fully saturated rings. The monoisotopic (exact) mass is 785 g/mol. The Balaban J connectivity index is 1.85. The van der Waals surface area contributed by atoms with Crippen LogP contribution in [0.5, 0.6) is 5.75 Å². The van der Waals surface area contributed by atoms with Crippen molar-refractivity contribution in [3.8, 4) is 5.75 Å². The van der Waals surface area contributed by atoms with E-state index in [2.05, 4.69) is 15.6 Å². The molecule has 1 aliphatic rings. The molecule has 3 rings (SSSR count). The van der Waals surface area contributed by atoms with Gasteiger partial charge in [-0.2, -0.15) is 0 Å². The Hall–Kier alpha value is -3.88. The summed E-state index contributed by atoms with van der Waals surface area (Å²) in [6, 6.07) is 4.43. The van der Waals surface area contributed by atoms with Crippen molar-refractivity contribution in [2.75, 3.05) is 20.3 Å². The van der Waals surface area contributed by atoms with Crippen LogP contribution in [-0.2, 0) is 30.3 Å². The van der Waals surface area contributed by atoms with Gasteiger partial charge in [-0.05, 0) is 82.2 Å². The first kappa shape index (κ1) is 45.5. The molecule has 1 aliphatic heterocycles. The molecule has 2 aromatic rings. The number of nitrogens with zero attached hydrogens (tertiary/aromatic N) is 3. The molecule has 0 bridgehead atoms. The molecule has 14 heteroatoms. The molecule has 1 aromatic carbocycles. The van der Waals surface area contributed by atoms with Gasteiger partial charge < -0.3 is 30.5 Å². The van der Waals surface area contributed by atoms with Gasteiger partial charge in [0.05, 0.1) is 6.04 Å². The molecule has 0 saturated carbocycles. The average molecular weight is 786 g/mol. The van der Waals surface area contributed by atoms with E-state index >= 15 is 0 Å². The highest BCUT2D eigenvalue weighted by atomic mass is 32.1. The number of likely N-dealkylation sites (tertiary alicyclic amines) is 1. The van der Waals surface area contributed by atoms with Gasteiger partial charge in [0.2, 0.25) is 11.8 Å². The number of likely N-dealkylation sites (N-methyl/N-ethyl adjacent to an activating group) is 1. The van der Waals surface area contributed by atoms with Gasteiger partial charge in [-0.1, -0.05) is 66.5 Å². The highest BCUT2D eigenvalue weighted by molar-refractivity contribution is 7.09. The maximum absolute atomic E-state index is 14.6. The number of amides is 3. The number of ether oxygens (including phenoxy) is 1. The van der Waals surface area contributed by atoms with E-state index in [-0.39, 0.29) is 71.5 Å². The Morgan fingerprint density at radius 3 is 2.33 bits per heavy atom. The Labute approximate surface area is 330 Å². The van der Waals surface area contributed by atoms with Gasteiger partial charge in [-0.25, -0.2) is 4.98 Å². The number of nitrogens with one attached hydrogen (secondary N) is 2. The number of ketones is 1. The lowest BCUT2D eigenvalue weighted by atomic mass is 9.92. The van der Waals surface area contributed by atoms with Crippen molar-refractivity contribution in [2.24, 2.45) is 17.8 Å². The highest BCUT2D eigenvalue weighted by Crippen LogP contribution is 2.29. The summed E-state index contributed by atoms with van der Waals surface area (Å²) in [5.74, 6) is -2.10. The Morgan fingerprint density at radius 1 is 1.04 bits per heavy atom. The lowest BCUT2D eigenvalue weighted by Crippen LogP contribution is -2.59. The maximum Gasteiger partial charge on any atom is 0.307 e. The van der Waals surface area contributed by atoms with Gasteiger partial charge in [0.15, 0.2) is 6.73 Å². The Kier molecular flexibility index (Phi) is 18.2. The largest absolute Gasteiger partial charge is 0.508 e. The molecular weight excluding hydrogens is 723 g/mol. The second-order valence-corrected chi connectivity index (χ2v) is 16.4. The number of phenols is 1. The molecule has 0 spiro atoms. The summed E-state index contributed by atoms with van der Waals surface area (Å²) in [5.41, 5.74) is 0.990. The van der Waals surface area contributed by atoms with E-state index in [0.29, 0.717) is 32.1 Å². The van der Waals surface area contributed by atoms with E-state index < -0.39 is 42.0 Å². The van der Waals surface area contributed by atoms with Crippen LogP contribution in [0.2, 0.25) is 0 Å². The molecular formula is C41H63N5O8S. The minimum absolute atomic E-state index is 0.00561. The van der Waals surface area contributed by atoms with Gasteiger partial charge in [0.25, 0.3) is 5.91 Å². The number of phenolic OH excluding ortho intramolecular Hbond substituents is 1.